The lowest BCUT2D eigenvalue weighted by Crippen LogP contribution is -2.39. The maximum Gasteiger partial charge on any atom is 0.125 e. The van der Waals surface area contributed by atoms with Crippen LogP contribution in [0.25, 0.3) is 0 Å². The van der Waals surface area contributed by atoms with E-state index in [-0.39, 0.29) is 11.9 Å². The van der Waals surface area contributed by atoms with Gasteiger partial charge in [0, 0.05) is 0 Å². The highest BCUT2D eigenvalue weighted by atomic mass is 19.1. The van der Waals surface area contributed by atoms with Gasteiger partial charge in [0.1, 0.15) is 17.7 Å². The number of halogens is 1. The topological polar surface area (TPSA) is 29.5 Å². The summed E-state index contributed by atoms with van der Waals surface area (Å²) in [5.74, 6) is 1.56. The largest absolute Gasteiger partial charge is 0.488 e. The van der Waals surface area contributed by atoms with Gasteiger partial charge in [0.2, 0.25) is 0 Å². The van der Waals surface area contributed by atoms with Crippen molar-refractivity contribution in [2.24, 2.45) is 11.8 Å². The monoisotopic (exact) mass is 252 g/mol. The Balaban J connectivity index is 2.00. The Morgan fingerprint density at radius 2 is 1.89 bits per heavy atom. The number of ether oxygens (including phenoxy) is 1. The van der Waals surface area contributed by atoms with Crippen LogP contribution in [0.3, 0.4) is 0 Å². The smallest absolute Gasteiger partial charge is 0.125 e. The highest BCUT2D eigenvalue weighted by Gasteiger charge is 2.32. The van der Waals surface area contributed by atoms with Gasteiger partial charge in [-0.15, -0.1) is 0 Å². The zero-order valence-electron chi connectivity index (χ0n) is 11.0. The summed E-state index contributed by atoms with van der Waals surface area (Å²) < 4.78 is 18.6. The van der Waals surface area contributed by atoms with E-state index < -0.39 is 6.10 Å². The van der Waals surface area contributed by atoms with Gasteiger partial charge in [-0.1, -0.05) is 13.8 Å². The molecule has 0 bridgehead atoms. The SMILES string of the molecule is CC(C)C1CCC(O)C(Oc2ccc(F)cc2)C1. The average molecular weight is 252 g/mol. The van der Waals surface area contributed by atoms with Gasteiger partial charge in [0.25, 0.3) is 0 Å². The molecule has 1 N–H and O–H groups in total. The molecule has 18 heavy (non-hydrogen) atoms. The minimum absolute atomic E-state index is 0.170. The van der Waals surface area contributed by atoms with E-state index in [0.717, 1.165) is 19.3 Å². The third-order valence-electron chi connectivity index (χ3n) is 3.84. The lowest BCUT2D eigenvalue weighted by atomic mass is 9.79. The molecule has 0 aliphatic heterocycles. The first kappa shape index (κ1) is 13.3. The quantitative estimate of drug-likeness (QED) is 0.893. The molecule has 0 spiro atoms. The van der Waals surface area contributed by atoms with Crippen molar-refractivity contribution in [3.63, 3.8) is 0 Å². The predicted molar refractivity (Wildman–Crippen MR) is 69.0 cm³/mol. The first-order valence-corrected chi connectivity index (χ1v) is 6.66. The zero-order chi connectivity index (χ0) is 13.1. The number of benzene rings is 1. The summed E-state index contributed by atoms with van der Waals surface area (Å²) >= 11 is 0. The molecule has 0 aromatic heterocycles. The van der Waals surface area contributed by atoms with Crippen molar-refractivity contribution in [1.29, 1.82) is 0 Å². The second-order valence-electron chi connectivity index (χ2n) is 5.49. The number of rotatable bonds is 3. The van der Waals surface area contributed by atoms with Crippen LogP contribution in [0.1, 0.15) is 33.1 Å². The van der Waals surface area contributed by atoms with Gasteiger partial charge < -0.3 is 9.84 Å². The number of hydrogen-bond acceptors (Lipinski definition) is 2. The van der Waals surface area contributed by atoms with E-state index in [1.54, 1.807) is 12.1 Å². The van der Waals surface area contributed by atoms with Crippen LogP contribution in [0.4, 0.5) is 4.39 Å². The third-order valence-corrected chi connectivity index (χ3v) is 3.84. The fourth-order valence-corrected chi connectivity index (χ4v) is 2.56. The summed E-state index contributed by atoms with van der Waals surface area (Å²) in [5.41, 5.74) is 0. The van der Waals surface area contributed by atoms with E-state index in [1.807, 2.05) is 0 Å². The van der Waals surface area contributed by atoms with E-state index in [9.17, 15) is 9.50 Å². The first-order valence-electron chi connectivity index (χ1n) is 6.66. The van der Waals surface area contributed by atoms with E-state index in [4.69, 9.17) is 4.74 Å². The molecule has 3 heteroatoms. The zero-order valence-corrected chi connectivity index (χ0v) is 11.0. The van der Waals surface area contributed by atoms with Crippen molar-refractivity contribution in [3.05, 3.63) is 30.1 Å². The van der Waals surface area contributed by atoms with Crippen LogP contribution < -0.4 is 4.74 Å². The van der Waals surface area contributed by atoms with Crippen molar-refractivity contribution in [3.8, 4) is 5.75 Å². The molecule has 0 amide bonds. The van der Waals surface area contributed by atoms with Crippen molar-refractivity contribution in [2.45, 2.75) is 45.3 Å². The Hall–Kier alpha value is -1.09. The molecule has 1 saturated carbocycles. The van der Waals surface area contributed by atoms with Gasteiger partial charge in [0.05, 0.1) is 6.10 Å². The number of hydrogen-bond donors (Lipinski definition) is 1. The molecular formula is C15H21FO2. The molecule has 1 fully saturated rings. The second-order valence-corrected chi connectivity index (χ2v) is 5.49. The molecule has 0 radical (unpaired) electrons. The summed E-state index contributed by atoms with van der Waals surface area (Å²) in [7, 11) is 0. The Labute approximate surface area is 108 Å². The first-order chi connectivity index (χ1) is 8.56. The van der Waals surface area contributed by atoms with Crippen molar-refractivity contribution < 1.29 is 14.2 Å². The molecule has 1 aromatic carbocycles. The van der Waals surface area contributed by atoms with Crippen LogP contribution in [-0.4, -0.2) is 17.3 Å². The molecular weight excluding hydrogens is 231 g/mol. The summed E-state index contributed by atoms with van der Waals surface area (Å²) in [6, 6.07) is 5.98. The van der Waals surface area contributed by atoms with Gasteiger partial charge in [0.15, 0.2) is 0 Å². The number of aliphatic hydroxyl groups excluding tert-OH is 1. The van der Waals surface area contributed by atoms with Crippen molar-refractivity contribution in [1.82, 2.24) is 0 Å². The van der Waals surface area contributed by atoms with Crippen LogP contribution in [-0.2, 0) is 0 Å². The normalized spacial score (nSPS) is 28.4. The Morgan fingerprint density at radius 1 is 1.22 bits per heavy atom. The predicted octanol–water partition coefficient (Wildman–Crippen LogP) is 3.39. The van der Waals surface area contributed by atoms with Gasteiger partial charge in [-0.3, -0.25) is 0 Å². The van der Waals surface area contributed by atoms with E-state index in [2.05, 4.69) is 13.8 Å². The fourth-order valence-electron chi connectivity index (χ4n) is 2.56. The van der Waals surface area contributed by atoms with Gasteiger partial charge in [-0.25, -0.2) is 4.39 Å². The van der Waals surface area contributed by atoms with Crippen LogP contribution >= 0.6 is 0 Å². The average Bonchev–Trinajstić information content (AvgIpc) is 2.34. The molecule has 1 aromatic rings. The summed E-state index contributed by atoms with van der Waals surface area (Å²) in [4.78, 5) is 0. The van der Waals surface area contributed by atoms with Gasteiger partial charge in [-0.2, -0.15) is 0 Å². The maximum absolute atomic E-state index is 12.8. The highest BCUT2D eigenvalue weighted by molar-refractivity contribution is 5.22. The summed E-state index contributed by atoms with van der Waals surface area (Å²) in [6.07, 6.45) is 2.13. The van der Waals surface area contributed by atoms with Crippen molar-refractivity contribution >= 4 is 0 Å². The molecule has 1 aliphatic carbocycles. The Bertz CT molecular complexity index is 375. The van der Waals surface area contributed by atoms with Crippen LogP contribution in [0.2, 0.25) is 0 Å². The maximum atomic E-state index is 12.8. The summed E-state index contributed by atoms with van der Waals surface area (Å²) in [6.45, 7) is 4.41. The molecule has 100 valence electrons. The molecule has 2 rings (SSSR count). The van der Waals surface area contributed by atoms with E-state index in [1.165, 1.54) is 12.1 Å². The lowest BCUT2D eigenvalue weighted by Gasteiger charge is -2.35. The standard InChI is InChI=1S/C15H21FO2/c1-10(2)11-3-8-14(17)15(9-11)18-13-6-4-12(16)5-7-13/h4-7,10-11,14-15,17H,3,8-9H2,1-2H3. The lowest BCUT2D eigenvalue weighted by molar-refractivity contribution is -0.0177. The molecule has 0 saturated heterocycles. The van der Waals surface area contributed by atoms with E-state index >= 15 is 0 Å². The highest BCUT2D eigenvalue weighted by Crippen LogP contribution is 2.32. The minimum Gasteiger partial charge on any atom is -0.488 e. The summed E-state index contributed by atoms with van der Waals surface area (Å²) in [5, 5.41) is 9.99. The van der Waals surface area contributed by atoms with Crippen LogP contribution in [0.15, 0.2) is 24.3 Å². The van der Waals surface area contributed by atoms with Gasteiger partial charge in [-0.05, 0) is 55.4 Å². The van der Waals surface area contributed by atoms with Crippen LogP contribution in [0, 0.1) is 17.7 Å². The Morgan fingerprint density at radius 3 is 2.50 bits per heavy atom. The molecule has 3 unspecified atom stereocenters. The molecule has 1 aliphatic rings. The second kappa shape index (κ2) is 5.70. The molecule has 2 nitrogen and oxygen atoms in total. The van der Waals surface area contributed by atoms with Crippen LogP contribution in [0.5, 0.6) is 5.75 Å². The Kier molecular flexibility index (Phi) is 4.23. The minimum atomic E-state index is -0.412. The van der Waals surface area contributed by atoms with E-state index in [0.29, 0.717) is 17.6 Å². The molecule has 0 heterocycles. The van der Waals surface area contributed by atoms with Crippen molar-refractivity contribution in [2.75, 3.05) is 0 Å². The molecule has 3 atom stereocenters. The number of aliphatic hydroxyl groups is 1. The fraction of sp³-hybridized carbons (Fsp3) is 0.600. The van der Waals surface area contributed by atoms with Gasteiger partial charge >= 0.3 is 0 Å². The third kappa shape index (κ3) is 3.22.